The molecule has 0 unspecified atom stereocenters. The normalized spacial score (nSPS) is 12.0. The van der Waals surface area contributed by atoms with Gasteiger partial charge >= 0.3 is 6.09 Å². The molecule has 1 aromatic heterocycles. The monoisotopic (exact) mass is 454 g/mol. The van der Waals surface area contributed by atoms with Gasteiger partial charge in [0.15, 0.2) is 0 Å². The van der Waals surface area contributed by atoms with E-state index in [-0.39, 0.29) is 5.41 Å². The molecule has 0 fully saturated rings. The van der Waals surface area contributed by atoms with Crippen molar-refractivity contribution in [1.82, 2.24) is 4.98 Å². The highest BCUT2D eigenvalue weighted by atomic mass is 35.5. The van der Waals surface area contributed by atoms with E-state index in [9.17, 15) is 4.79 Å². The van der Waals surface area contributed by atoms with Gasteiger partial charge < -0.3 is 9.47 Å². The number of anilines is 1. The third-order valence-corrected chi connectivity index (χ3v) is 5.20. The zero-order valence-corrected chi connectivity index (χ0v) is 20.6. The van der Waals surface area contributed by atoms with Gasteiger partial charge in [-0.3, -0.25) is 9.88 Å². The van der Waals surface area contributed by atoms with Crippen molar-refractivity contribution >= 4 is 34.3 Å². The number of halogens is 1. The van der Waals surface area contributed by atoms with E-state index >= 15 is 0 Å². The van der Waals surface area contributed by atoms with Gasteiger partial charge in [-0.1, -0.05) is 32.4 Å². The summed E-state index contributed by atoms with van der Waals surface area (Å²) in [6.45, 7) is 12.3. The molecule has 0 aliphatic heterocycles. The molecule has 0 aliphatic carbocycles. The summed E-state index contributed by atoms with van der Waals surface area (Å²) in [5.41, 5.74) is 2.69. The second-order valence-corrected chi connectivity index (χ2v) is 10.3. The quantitative estimate of drug-likeness (QED) is 0.420. The highest BCUT2D eigenvalue weighted by Crippen LogP contribution is 2.31. The van der Waals surface area contributed by atoms with Crippen LogP contribution in [0.1, 0.15) is 52.8 Å². The van der Waals surface area contributed by atoms with Crippen LogP contribution < -0.4 is 9.64 Å². The molecule has 0 atom stereocenters. The Balaban J connectivity index is 2.16. The number of ether oxygens (including phenoxy) is 2. The molecule has 6 heteroatoms. The molecule has 0 spiro atoms. The molecule has 170 valence electrons. The lowest BCUT2D eigenvalue weighted by Gasteiger charge is -2.28. The van der Waals surface area contributed by atoms with E-state index in [0.29, 0.717) is 17.3 Å². The first-order valence-corrected chi connectivity index (χ1v) is 11.0. The zero-order chi connectivity index (χ0) is 23.7. The van der Waals surface area contributed by atoms with E-state index in [1.54, 1.807) is 24.1 Å². The molecule has 1 heterocycles. The van der Waals surface area contributed by atoms with E-state index in [4.69, 9.17) is 26.1 Å². The summed E-state index contributed by atoms with van der Waals surface area (Å²) < 4.78 is 11.2. The summed E-state index contributed by atoms with van der Waals surface area (Å²) in [6, 6.07) is 15.0. The summed E-state index contributed by atoms with van der Waals surface area (Å²) in [4.78, 5) is 19.7. The van der Waals surface area contributed by atoms with Crippen LogP contribution in [0.25, 0.3) is 10.9 Å². The molecule has 0 aliphatic rings. The lowest BCUT2D eigenvalue weighted by Crippen LogP contribution is -2.36. The molecule has 3 rings (SSSR count). The van der Waals surface area contributed by atoms with Gasteiger partial charge in [-0.05, 0) is 74.9 Å². The Morgan fingerprint density at radius 1 is 1.00 bits per heavy atom. The van der Waals surface area contributed by atoms with E-state index in [1.165, 1.54) is 0 Å². The third-order valence-electron chi connectivity index (χ3n) is 4.95. The largest absolute Gasteiger partial charge is 0.497 e. The Hall–Kier alpha value is -2.79. The summed E-state index contributed by atoms with van der Waals surface area (Å²) in [6.07, 6.45) is -0.426. The van der Waals surface area contributed by atoms with Crippen molar-refractivity contribution in [1.29, 1.82) is 0 Å². The molecule has 0 N–H and O–H groups in total. The third kappa shape index (κ3) is 5.71. The van der Waals surface area contributed by atoms with Gasteiger partial charge in [0, 0.05) is 27.2 Å². The van der Waals surface area contributed by atoms with Crippen molar-refractivity contribution in [2.24, 2.45) is 0 Å². The van der Waals surface area contributed by atoms with Gasteiger partial charge in [0.25, 0.3) is 0 Å². The first kappa shape index (κ1) is 23.9. The zero-order valence-electron chi connectivity index (χ0n) is 19.8. The molecule has 0 bridgehead atoms. The van der Waals surface area contributed by atoms with Gasteiger partial charge in [0.2, 0.25) is 0 Å². The van der Waals surface area contributed by atoms with Crippen LogP contribution in [0.5, 0.6) is 5.75 Å². The molecule has 32 heavy (non-hydrogen) atoms. The molecule has 2 aromatic carbocycles. The Morgan fingerprint density at radius 3 is 2.22 bits per heavy atom. The minimum atomic E-state index is -0.623. The van der Waals surface area contributed by atoms with Gasteiger partial charge in [0.05, 0.1) is 19.2 Å². The van der Waals surface area contributed by atoms with Crippen LogP contribution in [-0.4, -0.2) is 23.8 Å². The second kappa shape index (κ2) is 8.99. The van der Waals surface area contributed by atoms with Gasteiger partial charge in [-0.25, -0.2) is 4.79 Å². The van der Waals surface area contributed by atoms with Crippen LogP contribution in [0.15, 0.2) is 48.5 Å². The minimum Gasteiger partial charge on any atom is -0.497 e. The topological polar surface area (TPSA) is 51.7 Å². The molecular weight excluding hydrogens is 424 g/mol. The Morgan fingerprint density at radius 2 is 1.66 bits per heavy atom. The van der Waals surface area contributed by atoms with Crippen molar-refractivity contribution < 1.29 is 14.3 Å². The van der Waals surface area contributed by atoms with Gasteiger partial charge in [-0.15, -0.1) is 0 Å². The fourth-order valence-electron chi connectivity index (χ4n) is 3.29. The Labute approximate surface area is 195 Å². The second-order valence-electron chi connectivity index (χ2n) is 9.84. The molecule has 3 aromatic rings. The predicted octanol–water partition coefficient (Wildman–Crippen LogP) is 7.14. The summed E-state index contributed by atoms with van der Waals surface area (Å²) in [5, 5.41) is 1.53. The first-order chi connectivity index (χ1) is 14.9. The highest BCUT2D eigenvalue weighted by molar-refractivity contribution is 6.30. The lowest BCUT2D eigenvalue weighted by molar-refractivity contribution is 0.0577. The number of fused-ring (bicyclic) bond motifs is 1. The maximum Gasteiger partial charge on any atom is 0.415 e. The number of benzene rings is 2. The van der Waals surface area contributed by atoms with Crippen molar-refractivity contribution in [3.63, 3.8) is 0 Å². The number of carbonyl (C=O) groups excluding carboxylic acids is 1. The number of hydrogen-bond donors (Lipinski definition) is 0. The molecule has 1 amide bonds. The molecule has 0 radical (unpaired) electrons. The number of hydrogen-bond acceptors (Lipinski definition) is 4. The summed E-state index contributed by atoms with van der Waals surface area (Å²) in [5.74, 6) is 0.736. The van der Waals surface area contributed by atoms with Crippen LogP contribution in [0.2, 0.25) is 5.02 Å². The number of rotatable bonds is 4. The predicted molar refractivity (Wildman–Crippen MR) is 131 cm³/mol. The molecule has 0 saturated carbocycles. The number of amides is 1. The lowest BCUT2D eigenvalue weighted by atomic mass is 9.89. The minimum absolute atomic E-state index is 0.153. The van der Waals surface area contributed by atoms with Gasteiger partial charge in [-0.2, -0.15) is 0 Å². The van der Waals surface area contributed by atoms with Crippen LogP contribution in [-0.2, 0) is 16.7 Å². The maximum atomic E-state index is 13.2. The van der Waals surface area contributed by atoms with E-state index < -0.39 is 11.7 Å². The standard InChI is InChI=1S/C26H31ClN2O3/c1-25(2,3)23-14-17(21-15-20(31-7)12-13-22(21)28-23)16-29(24(30)32-26(4,5)6)19-10-8-18(27)9-11-19/h8-15H,16H2,1-7H3. The summed E-state index contributed by atoms with van der Waals surface area (Å²) >= 11 is 6.09. The number of pyridine rings is 1. The van der Waals surface area contributed by atoms with Crippen molar-refractivity contribution in [2.75, 3.05) is 12.0 Å². The van der Waals surface area contributed by atoms with Crippen LogP contribution in [0, 0.1) is 0 Å². The number of carbonyl (C=O) groups is 1. The van der Waals surface area contributed by atoms with E-state index in [0.717, 1.165) is 27.9 Å². The Bertz CT molecular complexity index is 1110. The number of aromatic nitrogens is 1. The highest BCUT2D eigenvalue weighted by Gasteiger charge is 2.26. The van der Waals surface area contributed by atoms with Crippen molar-refractivity contribution in [3.8, 4) is 5.75 Å². The van der Waals surface area contributed by atoms with Gasteiger partial charge in [0.1, 0.15) is 11.4 Å². The average Bonchev–Trinajstić information content (AvgIpc) is 2.70. The summed E-state index contributed by atoms with van der Waals surface area (Å²) in [7, 11) is 1.64. The van der Waals surface area contributed by atoms with Crippen molar-refractivity contribution in [2.45, 2.75) is 59.1 Å². The smallest absolute Gasteiger partial charge is 0.415 e. The van der Waals surface area contributed by atoms with Crippen molar-refractivity contribution in [3.05, 3.63) is 64.8 Å². The van der Waals surface area contributed by atoms with Crippen LogP contribution in [0.4, 0.5) is 10.5 Å². The molecule has 5 nitrogen and oxygen atoms in total. The molecular formula is C26H31ClN2O3. The van der Waals surface area contributed by atoms with Crippen LogP contribution in [0.3, 0.4) is 0 Å². The fourth-order valence-corrected chi connectivity index (χ4v) is 3.41. The SMILES string of the molecule is COc1ccc2nc(C(C)(C)C)cc(CN(C(=O)OC(C)(C)C)c3ccc(Cl)cc3)c2c1. The van der Waals surface area contributed by atoms with E-state index in [1.807, 2.05) is 51.1 Å². The Kier molecular flexibility index (Phi) is 6.70. The van der Waals surface area contributed by atoms with Crippen LogP contribution >= 0.6 is 11.6 Å². The average molecular weight is 455 g/mol. The maximum absolute atomic E-state index is 13.2. The number of methoxy groups -OCH3 is 1. The first-order valence-electron chi connectivity index (χ1n) is 10.6. The number of nitrogens with zero attached hydrogens (tertiary/aromatic N) is 2. The fraction of sp³-hybridized carbons (Fsp3) is 0.385. The van der Waals surface area contributed by atoms with E-state index in [2.05, 4.69) is 26.8 Å². The molecule has 0 saturated heterocycles.